The predicted octanol–water partition coefficient (Wildman–Crippen LogP) is 3.30. The second-order valence-electron chi connectivity index (χ2n) is 5.96. The quantitative estimate of drug-likeness (QED) is 0.490. The summed E-state index contributed by atoms with van der Waals surface area (Å²) in [6.45, 7) is 0. The average molecular weight is 390 g/mol. The van der Waals surface area contributed by atoms with Crippen molar-refractivity contribution in [2.75, 3.05) is 20.1 Å². The summed E-state index contributed by atoms with van der Waals surface area (Å²) in [6, 6.07) is 5.79. The molecule has 3 aromatic rings. The Morgan fingerprint density at radius 2 is 2.12 bits per heavy atom. The van der Waals surface area contributed by atoms with E-state index < -0.39 is 0 Å². The lowest BCUT2D eigenvalue weighted by Gasteiger charge is -2.10. The second kappa shape index (κ2) is 7.16. The molecule has 0 amide bonds. The van der Waals surface area contributed by atoms with Crippen LogP contribution in [0.15, 0.2) is 28.7 Å². The molecule has 0 aliphatic heterocycles. The molecule has 0 atom stereocenters. The fraction of sp³-hybridized carbons (Fsp3) is 0.353. The van der Waals surface area contributed by atoms with Crippen molar-refractivity contribution in [2.45, 2.75) is 29.7 Å². The third-order valence-corrected chi connectivity index (χ3v) is 6.07. The van der Waals surface area contributed by atoms with Gasteiger partial charge in [-0.3, -0.25) is 0 Å². The smallest absolute Gasteiger partial charge is 0.210 e. The summed E-state index contributed by atoms with van der Waals surface area (Å²) in [5, 5.41) is 12.1. The van der Waals surface area contributed by atoms with Crippen molar-refractivity contribution < 1.29 is 9.47 Å². The van der Waals surface area contributed by atoms with Crippen LogP contribution >= 0.6 is 23.1 Å². The number of nitrogen functional groups attached to an aromatic ring is 1. The Kier molecular flexibility index (Phi) is 4.73. The lowest BCUT2D eigenvalue weighted by Crippen LogP contribution is -2.13. The third-order valence-electron chi connectivity index (χ3n) is 4.17. The van der Waals surface area contributed by atoms with Crippen molar-refractivity contribution in [3.05, 3.63) is 35.1 Å². The van der Waals surface area contributed by atoms with E-state index in [1.807, 2.05) is 23.6 Å². The van der Waals surface area contributed by atoms with Gasteiger partial charge in [0.05, 0.1) is 25.5 Å². The zero-order valence-electron chi connectivity index (χ0n) is 14.5. The zero-order chi connectivity index (χ0) is 18.1. The van der Waals surface area contributed by atoms with E-state index in [0.29, 0.717) is 23.2 Å². The summed E-state index contributed by atoms with van der Waals surface area (Å²) in [5.41, 5.74) is 1.89. The molecule has 1 saturated carbocycles. The molecule has 1 aliphatic rings. The van der Waals surface area contributed by atoms with Gasteiger partial charge in [0.15, 0.2) is 17.3 Å². The molecule has 1 aromatic carbocycles. The fourth-order valence-electron chi connectivity index (χ4n) is 2.70. The highest BCUT2D eigenvalue weighted by Crippen LogP contribution is 2.40. The first-order valence-corrected chi connectivity index (χ1v) is 10.1. The molecule has 0 spiro atoms. The zero-order valence-corrected chi connectivity index (χ0v) is 16.1. The number of nitrogens with two attached hydrogens (primary N) is 1. The maximum atomic E-state index is 6.10. The first-order valence-electron chi connectivity index (χ1n) is 8.20. The minimum atomic E-state index is 0.480. The molecule has 9 heteroatoms. The molecule has 1 aliphatic carbocycles. The number of para-hydroxylation sites is 1. The second-order valence-corrected chi connectivity index (χ2v) is 7.76. The highest BCUT2D eigenvalue weighted by molar-refractivity contribution is 7.98. The van der Waals surface area contributed by atoms with Crippen LogP contribution in [0.1, 0.15) is 30.3 Å². The van der Waals surface area contributed by atoms with Gasteiger partial charge >= 0.3 is 0 Å². The largest absolute Gasteiger partial charge is 0.493 e. The maximum absolute atomic E-state index is 6.10. The average Bonchev–Trinajstić information content (AvgIpc) is 3.28. The van der Waals surface area contributed by atoms with Gasteiger partial charge in [-0.15, -0.1) is 21.5 Å². The highest BCUT2D eigenvalue weighted by atomic mass is 32.2. The lowest BCUT2D eigenvalue weighted by atomic mass is 10.2. The normalized spacial score (nSPS) is 13.8. The van der Waals surface area contributed by atoms with Gasteiger partial charge in [0.2, 0.25) is 5.16 Å². The van der Waals surface area contributed by atoms with Crippen LogP contribution in [0, 0.1) is 0 Å². The van der Waals surface area contributed by atoms with E-state index in [1.54, 1.807) is 42.0 Å². The summed E-state index contributed by atoms with van der Waals surface area (Å²) >= 11 is 3.12. The molecule has 26 heavy (non-hydrogen) atoms. The Morgan fingerprint density at radius 1 is 1.27 bits per heavy atom. The van der Waals surface area contributed by atoms with Gasteiger partial charge in [-0.1, -0.05) is 17.8 Å². The number of thiazole rings is 1. The monoisotopic (exact) mass is 389 g/mol. The molecular formula is C17H19N5O2S2. The highest BCUT2D eigenvalue weighted by Gasteiger charge is 2.29. The molecule has 0 saturated heterocycles. The Balaban J connectivity index is 1.50. The summed E-state index contributed by atoms with van der Waals surface area (Å²) in [7, 11) is 3.27. The summed E-state index contributed by atoms with van der Waals surface area (Å²) in [4.78, 5) is 4.73. The topological polar surface area (TPSA) is 88.1 Å². The SMILES string of the molecule is COc1cccc(-c2nc(CSc3nnc(C4CC4)n3N)cs2)c1OC. The van der Waals surface area contributed by atoms with Gasteiger partial charge in [-0.25, -0.2) is 9.66 Å². The Bertz CT molecular complexity index is 920. The summed E-state index contributed by atoms with van der Waals surface area (Å²) in [5.74, 6) is 9.53. The van der Waals surface area contributed by atoms with E-state index in [-0.39, 0.29) is 0 Å². The lowest BCUT2D eigenvalue weighted by molar-refractivity contribution is 0.356. The number of aromatic nitrogens is 4. The number of benzene rings is 1. The van der Waals surface area contributed by atoms with Gasteiger partial charge in [-0.05, 0) is 25.0 Å². The molecule has 7 nitrogen and oxygen atoms in total. The van der Waals surface area contributed by atoms with Crippen molar-refractivity contribution >= 4 is 23.1 Å². The van der Waals surface area contributed by atoms with Crippen LogP contribution in [-0.2, 0) is 5.75 Å². The van der Waals surface area contributed by atoms with E-state index in [4.69, 9.17) is 20.3 Å². The van der Waals surface area contributed by atoms with E-state index in [0.717, 1.165) is 40.1 Å². The Hall–Kier alpha value is -2.26. The molecular weight excluding hydrogens is 370 g/mol. The predicted molar refractivity (Wildman–Crippen MR) is 102 cm³/mol. The Morgan fingerprint density at radius 3 is 2.85 bits per heavy atom. The van der Waals surface area contributed by atoms with Crippen LogP contribution in [0.2, 0.25) is 0 Å². The number of ether oxygens (including phenoxy) is 2. The van der Waals surface area contributed by atoms with Crippen molar-refractivity contribution in [3.63, 3.8) is 0 Å². The van der Waals surface area contributed by atoms with Crippen LogP contribution < -0.4 is 15.3 Å². The number of rotatable bonds is 7. The van der Waals surface area contributed by atoms with Crippen molar-refractivity contribution in [1.82, 2.24) is 19.9 Å². The van der Waals surface area contributed by atoms with E-state index in [2.05, 4.69) is 10.2 Å². The number of nitrogens with zero attached hydrogens (tertiary/aromatic N) is 4. The van der Waals surface area contributed by atoms with Crippen LogP contribution in [-0.4, -0.2) is 34.1 Å². The number of thioether (sulfide) groups is 1. The van der Waals surface area contributed by atoms with Crippen molar-refractivity contribution in [3.8, 4) is 22.1 Å². The van der Waals surface area contributed by atoms with Crippen LogP contribution in [0.25, 0.3) is 10.6 Å². The maximum Gasteiger partial charge on any atom is 0.210 e. The van der Waals surface area contributed by atoms with Crippen LogP contribution in [0.3, 0.4) is 0 Å². The molecule has 1 fully saturated rings. The fourth-order valence-corrected chi connectivity index (χ4v) is 4.40. The van der Waals surface area contributed by atoms with Crippen LogP contribution in [0.5, 0.6) is 11.5 Å². The number of hydrogen-bond donors (Lipinski definition) is 1. The molecule has 136 valence electrons. The summed E-state index contributed by atoms with van der Waals surface area (Å²) in [6.07, 6.45) is 2.30. The first kappa shape index (κ1) is 17.2. The minimum Gasteiger partial charge on any atom is -0.493 e. The molecule has 2 aromatic heterocycles. The molecule has 2 N–H and O–H groups in total. The molecule has 4 rings (SSSR count). The van der Waals surface area contributed by atoms with Gasteiger partial charge in [-0.2, -0.15) is 0 Å². The third kappa shape index (κ3) is 3.24. The van der Waals surface area contributed by atoms with Crippen LogP contribution in [0.4, 0.5) is 0 Å². The van der Waals surface area contributed by atoms with Crippen molar-refractivity contribution in [2.24, 2.45) is 0 Å². The molecule has 0 bridgehead atoms. The van der Waals surface area contributed by atoms with Gasteiger partial charge in [0, 0.05) is 17.1 Å². The Labute approximate surface area is 159 Å². The molecule has 0 radical (unpaired) electrons. The summed E-state index contributed by atoms with van der Waals surface area (Å²) < 4.78 is 12.5. The molecule has 0 unspecified atom stereocenters. The number of hydrogen-bond acceptors (Lipinski definition) is 8. The van der Waals surface area contributed by atoms with Gasteiger partial charge < -0.3 is 15.3 Å². The molecule has 2 heterocycles. The van der Waals surface area contributed by atoms with Gasteiger partial charge in [0.1, 0.15) is 5.01 Å². The standard InChI is InChI=1S/C17H19N5O2S2/c1-23-13-5-3-4-12(14(13)24-2)16-19-11(8-25-16)9-26-17-21-20-15(22(17)18)10-6-7-10/h3-5,8,10H,6-7,9,18H2,1-2H3. The van der Waals surface area contributed by atoms with Crippen molar-refractivity contribution in [1.29, 1.82) is 0 Å². The van der Waals surface area contributed by atoms with E-state index in [1.165, 1.54) is 0 Å². The van der Waals surface area contributed by atoms with Gasteiger partial charge in [0.25, 0.3) is 0 Å². The number of methoxy groups -OCH3 is 2. The van der Waals surface area contributed by atoms with E-state index in [9.17, 15) is 0 Å². The van der Waals surface area contributed by atoms with E-state index >= 15 is 0 Å². The first-order chi connectivity index (χ1) is 12.7. The minimum absolute atomic E-state index is 0.480.